The number of aromatic nitrogens is 2. The van der Waals surface area contributed by atoms with Crippen LogP contribution in [0.25, 0.3) is 0 Å². The average molecular weight is 295 g/mol. The van der Waals surface area contributed by atoms with Gasteiger partial charge in [0.05, 0.1) is 17.7 Å². The summed E-state index contributed by atoms with van der Waals surface area (Å²) in [5, 5.41) is 6.49. The highest BCUT2D eigenvalue weighted by molar-refractivity contribution is 7.92. The van der Waals surface area contributed by atoms with Crippen LogP contribution in [0.4, 0.5) is 5.82 Å². The number of nitrogens with one attached hydrogen (secondary N) is 2. The Kier molecular flexibility index (Phi) is 4.29. The predicted octanol–water partition coefficient (Wildman–Crippen LogP) is 2.17. The molecular formula is C13H17N3O3S. The topological polar surface area (TPSA) is 84.1 Å². The molecule has 0 aliphatic rings. The zero-order valence-corrected chi connectivity index (χ0v) is 12.2. The molecule has 0 bridgehead atoms. The van der Waals surface area contributed by atoms with E-state index in [0.717, 1.165) is 5.56 Å². The molecular weight excluding hydrogens is 278 g/mol. The van der Waals surface area contributed by atoms with Crippen LogP contribution in [0.5, 0.6) is 5.75 Å². The first-order chi connectivity index (χ1) is 9.56. The zero-order valence-electron chi connectivity index (χ0n) is 11.4. The normalized spacial score (nSPS) is 11.3. The van der Waals surface area contributed by atoms with Crippen LogP contribution in [-0.2, 0) is 16.4 Å². The first-order valence-corrected chi connectivity index (χ1v) is 7.83. The van der Waals surface area contributed by atoms with E-state index < -0.39 is 10.0 Å². The number of anilines is 1. The van der Waals surface area contributed by atoms with Gasteiger partial charge in [-0.1, -0.05) is 6.92 Å². The van der Waals surface area contributed by atoms with E-state index in [1.165, 1.54) is 12.1 Å². The molecule has 108 valence electrons. The predicted molar refractivity (Wildman–Crippen MR) is 76.4 cm³/mol. The quantitative estimate of drug-likeness (QED) is 0.855. The second-order valence-electron chi connectivity index (χ2n) is 4.13. The Morgan fingerprint density at radius 1 is 1.25 bits per heavy atom. The number of rotatable bonds is 6. The van der Waals surface area contributed by atoms with Crippen LogP contribution in [0.3, 0.4) is 0 Å². The minimum Gasteiger partial charge on any atom is -0.494 e. The number of hydrogen-bond donors (Lipinski definition) is 2. The molecule has 2 aromatic rings. The van der Waals surface area contributed by atoms with Crippen molar-refractivity contribution >= 4 is 15.8 Å². The lowest BCUT2D eigenvalue weighted by Crippen LogP contribution is -2.14. The molecule has 1 aromatic heterocycles. The van der Waals surface area contributed by atoms with Crippen LogP contribution in [0, 0.1) is 0 Å². The molecule has 0 fully saturated rings. The maximum Gasteiger partial charge on any atom is 0.263 e. The van der Waals surface area contributed by atoms with Crippen molar-refractivity contribution < 1.29 is 13.2 Å². The summed E-state index contributed by atoms with van der Waals surface area (Å²) in [4.78, 5) is 0.178. The fourth-order valence-electron chi connectivity index (χ4n) is 1.74. The Morgan fingerprint density at radius 2 is 1.95 bits per heavy atom. The Balaban J connectivity index is 2.22. The summed E-state index contributed by atoms with van der Waals surface area (Å²) in [7, 11) is -3.62. The monoisotopic (exact) mass is 295 g/mol. The zero-order chi connectivity index (χ0) is 14.6. The Bertz CT molecular complexity index is 662. The molecule has 0 atom stereocenters. The summed E-state index contributed by atoms with van der Waals surface area (Å²) in [6, 6.07) is 6.28. The molecule has 20 heavy (non-hydrogen) atoms. The maximum absolute atomic E-state index is 12.2. The van der Waals surface area contributed by atoms with Crippen molar-refractivity contribution in [2.75, 3.05) is 11.3 Å². The van der Waals surface area contributed by atoms with E-state index in [2.05, 4.69) is 14.9 Å². The van der Waals surface area contributed by atoms with Crippen molar-refractivity contribution in [1.82, 2.24) is 10.2 Å². The SMILES string of the molecule is CCOc1ccc(S(=O)(=O)Nc2[nH]ncc2CC)cc1. The number of benzene rings is 1. The fourth-order valence-corrected chi connectivity index (χ4v) is 2.80. The number of ether oxygens (including phenoxy) is 1. The van der Waals surface area contributed by atoms with E-state index in [9.17, 15) is 8.42 Å². The molecule has 6 nitrogen and oxygen atoms in total. The molecule has 0 aliphatic carbocycles. The van der Waals surface area contributed by atoms with Gasteiger partial charge in [0.25, 0.3) is 10.0 Å². The van der Waals surface area contributed by atoms with Crippen LogP contribution in [0.2, 0.25) is 0 Å². The molecule has 1 heterocycles. The van der Waals surface area contributed by atoms with Gasteiger partial charge in [-0.2, -0.15) is 5.10 Å². The number of hydrogen-bond acceptors (Lipinski definition) is 4. The van der Waals surface area contributed by atoms with Crippen LogP contribution in [0.1, 0.15) is 19.4 Å². The third kappa shape index (κ3) is 3.11. The molecule has 0 saturated carbocycles. The first kappa shape index (κ1) is 14.4. The maximum atomic E-state index is 12.2. The summed E-state index contributed by atoms with van der Waals surface area (Å²) >= 11 is 0. The van der Waals surface area contributed by atoms with E-state index in [4.69, 9.17) is 4.74 Å². The molecule has 0 amide bonds. The number of sulfonamides is 1. The van der Waals surface area contributed by atoms with Crippen molar-refractivity contribution in [1.29, 1.82) is 0 Å². The number of nitrogens with zero attached hydrogens (tertiary/aromatic N) is 1. The van der Waals surface area contributed by atoms with Crippen molar-refractivity contribution in [3.8, 4) is 5.75 Å². The van der Waals surface area contributed by atoms with Gasteiger partial charge in [-0.25, -0.2) is 8.42 Å². The van der Waals surface area contributed by atoms with E-state index in [1.807, 2.05) is 13.8 Å². The highest BCUT2D eigenvalue weighted by Gasteiger charge is 2.16. The largest absolute Gasteiger partial charge is 0.494 e. The van der Waals surface area contributed by atoms with Crippen molar-refractivity contribution in [2.24, 2.45) is 0 Å². The summed E-state index contributed by atoms with van der Waals surface area (Å²) in [6.45, 7) is 4.34. The molecule has 7 heteroatoms. The smallest absolute Gasteiger partial charge is 0.263 e. The van der Waals surface area contributed by atoms with Crippen LogP contribution in [-0.4, -0.2) is 25.2 Å². The molecule has 2 rings (SSSR count). The minimum atomic E-state index is -3.62. The molecule has 0 unspecified atom stereocenters. The molecule has 0 radical (unpaired) electrons. The minimum absolute atomic E-state index is 0.178. The second kappa shape index (κ2) is 5.96. The summed E-state index contributed by atoms with van der Waals surface area (Å²) in [6.07, 6.45) is 2.30. The molecule has 0 saturated heterocycles. The van der Waals surface area contributed by atoms with Gasteiger partial charge in [0.15, 0.2) is 0 Å². The van der Waals surface area contributed by atoms with Gasteiger partial charge in [-0.3, -0.25) is 9.82 Å². The fraction of sp³-hybridized carbons (Fsp3) is 0.308. The molecule has 1 aromatic carbocycles. The van der Waals surface area contributed by atoms with Gasteiger partial charge in [0, 0.05) is 5.56 Å². The summed E-state index contributed by atoms with van der Waals surface area (Å²) < 4.78 is 32.3. The van der Waals surface area contributed by atoms with E-state index in [-0.39, 0.29) is 4.90 Å². The average Bonchev–Trinajstić information content (AvgIpc) is 2.86. The summed E-state index contributed by atoms with van der Waals surface area (Å²) in [5.41, 5.74) is 0.819. The molecule has 0 spiro atoms. The number of aromatic amines is 1. The Morgan fingerprint density at radius 3 is 2.55 bits per heavy atom. The molecule has 2 N–H and O–H groups in total. The second-order valence-corrected chi connectivity index (χ2v) is 5.82. The van der Waals surface area contributed by atoms with Gasteiger partial charge < -0.3 is 4.74 Å². The lowest BCUT2D eigenvalue weighted by atomic mass is 10.3. The third-order valence-electron chi connectivity index (χ3n) is 2.78. The first-order valence-electron chi connectivity index (χ1n) is 6.34. The van der Waals surface area contributed by atoms with Crippen molar-refractivity contribution in [3.05, 3.63) is 36.0 Å². The van der Waals surface area contributed by atoms with E-state index >= 15 is 0 Å². The van der Waals surface area contributed by atoms with Crippen LogP contribution < -0.4 is 9.46 Å². The van der Waals surface area contributed by atoms with Crippen LogP contribution in [0.15, 0.2) is 35.4 Å². The van der Waals surface area contributed by atoms with Gasteiger partial charge >= 0.3 is 0 Å². The lowest BCUT2D eigenvalue weighted by Gasteiger charge is -2.08. The Hall–Kier alpha value is -2.02. The highest BCUT2D eigenvalue weighted by atomic mass is 32.2. The van der Waals surface area contributed by atoms with E-state index in [1.54, 1.807) is 18.3 Å². The highest BCUT2D eigenvalue weighted by Crippen LogP contribution is 2.20. The van der Waals surface area contributed by atoms with Gasteiger partial charge in [-0.05, 0) is 37.6 Å². The lowest BCUT2D eigenvalue weighted by molar-refractivity contribution is 0.340. The van der Waals surface area contributed by atoms with Crippen molar-refractivity contribution in [3.63, 3.8) is 0 Å². The van der Waals surface area contributed by atoms with Crippen LogP contribution >= 0.6 is 0 Å². The third-order valence-corrected chi connectivity index (χ3v) is 4.15. The number of H-pyrrole nitrogens is 1. The van der Waals surface area contributed by atoms with E-state index in [0.29, 0.717) is 24.6 Å². The molecule has 0 aliphatic heterocycles. The van der Waals surface area contributed by atoms with Gasteiger partial charge in [0.1, 0.15) is 11.6 Å². The van der Waals surface area contributed by atoms with Crippen molar-refractivity contribution in [2.45, 2.75) is 25.2 Å². The summed E-state index contributed by atoms with van der Waals surface area (Å²) in [5.74, 6) is 1.05. The van der Waals surface area contributed by atoms with Gasteiger partial charge in [0.2, 0.25) is 0 Å². The number of aryl methyl sites for hydroxylation is 1. The Labute approximate surface area is 118 Å². The van der Waals surface area contributed by atoms with Gasteiger partial charge in [-0.15, -0.1) is 0 Å². The standard InChI is InChI=1S/C13H17N3O3S/c1-3-10-9-14-15-13(10)16-20(17,18)12-7-5-11(6-8-12)19-4-2/h5-9H,3-4H2,1-2H3,(H2,14,15,16).